The highest BCUT2D eigenvalue weighted by Gasteiger charge is 2.24. The first-order valence-electron chi connectivity index (χ1n) is 5.36. The third-order valence-electron chi connectivity index (χ3n) is 2.42. The van der Waals surface area contributed by atoms with Crippen molar-refractivity contribution in [3.63, 3.8) is 0 Å². The van der Waals surface area contributed by atoms with Gasteiger partial charge in [0, 0.05) is 6.04 Å². The molecule has 0 unspecified atom stereocenters. The van der Waals surface area contributed by atoms with Gasteiger partial charge in [-0.1, -0.05) is 6.92 Å². The van der Waals surface area contributed by atoms with E-state index < -0.39 is 5.60 Å². The molecular weight excluding hydrogens is 178 g/mol. The topological polar surface area (TPSA) is 38.3 Å². The Morgan fingerprint density at radius 1 is 1.36 bits per heavy atom. The molecule has 1 amide bonds. The van der Waals surface area contributed by atoms with Gasteiger partial charge in [-0.25, -0.2) is 4.79 Å². The monoisotopic (exact) mass is 199 g/mol. The van der Waals surface area contributed by atoms with E-state index in [9.17, 15) is 4.79 Å². The number of hydrogen-bond donors (Lipinski definition) is 1. The van der Waals surface area contributed by atoms with Crippen molar-refractivity contribution in [2.24, 2.45) is 5.92 Å². The highest BCUT2D eigenvalue weighted by atomic mass is 16.6. The largest absolute Gasteiger partial charge is 0.444 e. The van der Waals surface area contributed by atoms with Crippen molar-refractivity contribution < 1.29 is 9.53 Å². The van der Waals surface area contributed by atoms with Crippen LogP contribution < -0.4 is 5.32 Å². The molecule has 1 fully saturated rings. The number of ether oxygens (including phenoxy) is 1. The molecule has 1 aliphatic carbocycles. The van der Waals surface area contributed by atoms with Crippen molar-refractivity contribution in [2.45, 2.75) is 58.6 Å². The van der Waals surface area contributed by atoms with Crippen LogP contribution in [0.3, 0.4) is 0 Å². The molecule has 82 valence electrons. The van der Waals surface area contributed by atoms with Crippen LogP contribution in [0.1, 0.15) is 47.0 Å². The Balaban J connectivity index is 2.27. The van der Waals surface area contributed by atoms with Gasteiger partial charge in [0.25, 0.3) is 0 Å². The number of alkyl carbamates (subject to hydrolysis) is 1. The Morgan fingerprint density at radius 3 is 2.43 bits per heavy atom. The van der Waals surface area contributed by atoms with E-state index in [-0.39, 0.29) is 6.09 Å². The number of nitrogens with one attached hydrogen (secondary N) is 1. The zero-order chi connectivity index (χ0) is 10.8. The second kappa shape index (κ2) is 4.20. The summed E-state index contributed by atoms with van der Waals surface area (Å²) in [6.45, 7) is 7.86. The molecule has 1 N–H and O–H groups in total. The fourth-order valence-corrected chi connectivity index (χ4v) is 1.81. The highest BCUT2D eigenvalue weighted by Crippen LogP contribution is 2.24. The standard InChI is InChI=1S/C11H21NO2/c1-8-5-6-9(7-8)12-10(13)14-11(2,3)4/h8-9H,5-7H2,1-4H3,(H,12,13)/t8-,9-/m1/s1. The molecule has 3 nitrogen and oxygen atoms in total. The maximum atomic E-state index is 11.4. The number of carbonyl (C=O) groups excluding carboxylic acids is 1. The van der Waals surface area contributed by atoms with Gasteiger partial charge in [-0.15, -0.1) is 0 Å². The molecule has 2 atom stereocenters. The molecule has 14 heavy (non-hydrogen) atoms. The van der Waals surface area contributed by atoms with Crippen LogP contribution in [0.2, 0.25) is 0 Å². The second-order valence-electron chi connectivity index (χ2n) is 5.26. The van der Waals surface area contributed by atoms with E-state index in [1.54, 1.807) is 0 Å². The Morgan fingerprint density at radius 2 is 2.00 bits per heavy atom. The summed E-state index contributed by atoms with van der Waals surface area (Å²) in [6, 6.07) is 0.319. The van der Waals surface area contributed by atoms with Crippen LogP contribution in [-0.4, -0.2) is 17.7 Å². The van der Waals surface area contributed by atoms with E-state index in [0.717, 1.165) is 18.8 Å². The van der Waals surface area contributed by atoms with Crippen LogP contribution in [0.5, 0.6) is 0 Å². The Bertz CT molecular complexity index is 208. The fraction of sp³-hybridized carbons (Fsp3) is 0.909. The van der Waals surface area contributed by atoms with Crippen molar-refractivity contribution in [3.8, 4) is 0 Å². The van der Waals surface area contributed by atoms with E-state index in [1.807, 2.05) is 20.8 Å². The number of carbonyl (C=O) groups is 1. The van der Waals surface area contributed by atoms with Gasteiger partial charge in [0.1, 0.15) is 5.60 Å². The highest BCUT2D eigenvalue weighted by molar-refractivity contribution is 5.68. The lowest BCUT2D eigenvalue weighted by atomic mass is 10.1. The fourth-order valence-electron chi connectivity index (χ4n) is 1.81. The third kappa shape index (κ3) is 3.99. The molecule has 1 rings (SSSR count). The molecular formula is C11H21NO2. The van der Waals surface area contributed by atoms with Crippen LogP contribution in [0.4, 0.5) is 4.79 Å². The summed E-state index contributed by atoms with van der Waals surface area (Å²) in [5, 5.41) is 2.90. The van der Waals surface area contributed by atoms with Crippen LogP contribution in [0.15, 0.2) is 0 Å². The number of amides is 1. The summed E-state index contributed by atoms with van der Waals surface area (Å²) in [6.07, 6.45) is 3.09. The van der Waals surface area contributed by atoms with Crippen molar-refractivity contribution in [3.05, 3.63) is 0 Å². The molecule has 0 aromatic rings. The summed E-state index contributed by atoms with van der Waals surface area (Å²) in [7, 11) is 0. The molecule has 0 spiro atoms. The van der Waals surface area contributed by atoms with Crippen LogP contribution in [0, 0.1) is 5.92 Å². The van der Waals surface area contributed by atoms with E-state index in [2.05, 4.69) is 12.2 Å². The molecule has 0 bridgehead atoms. The Labute approximate surface area is 86.2 Å². The number of rotatable bonds is 1. The molecule has 0 saturated heterocycles. The lowest BCUT2D eigenvalue weighted by molar-refractivity contribution is 0.0505. The van der Waals surface area contributed by atoms with Gasteiger partial charge in [-0.05, 0) is 46.0 Å². The molecule has 0 radical (unpaired) electrons. The normalized spacial score (nSPS) is 27.4. The van der Waals surface area contributed by atoms with Crippen molar-refractivity contribution >= 4 is 6.09 Å². The maximum absolute atomic E-state index is 11.4. The molecule has 0 aliphatic heterocycles. The van der Waals surface area contributed by atoms with E-state index >= 15 is 0 Å². The maximum Gasteiger partial charge on any atom is 0.407 e. The molecule has 3 heteroatoms. The quantitative estimate of drug-likeness (QED) is 0.705. The number of hydrogen-bond acceptors (Lipinski definition) is 2. The summed E-state index contributed by atoms with van der Waals surface area (Å²) >= 11 is 0. The summed E-state index contributed by atoms with van der Waals surface area (Å²) in [5.41, 5.74) is -0.395. The zero-order valence-electron chi connectivity index (χ0n) is 9.59. The first-order chi connectivity index (χ1) is 6.37. The predicted octanol–water partition coefficient (Wildman–Crippen LogP) is 2.70. The van der Waals surface area contributed by atoms with Gasteiger partial charge in [0.2, 0.25) is 0 Å². The lowest BCUT2D eigenvalue weighted by Gasteiger charge is -2.21. The minimum atomic E-state index is -0.395. The lowest BCUT2D eigenvalue weighted by Crippen LogP contribution is -2.37. The average Bonchev–Trinajstić information content (AvgIpc) is 2.30. The first kappa shape index (κ1) is 11.3. The second-order valence-corrected chi connectivity index (χ2v) is 5.26. The van der Waals surface area contributed by atoms with Gasteiger partial charge >= 0.3 is 6.09 Å². The smallest absolute Gasteiger partial charge is 0.407 e. The Kier molecular flexibility index (Phi) is 3.40. The van der Waals surface area contributed by atoms with Gasteiger partial charge in [-0.3, -0.25) is 0 Å². The molecule has 1 aliphatic rings. The molecule has 0 aromatic carbocycles. The Hall–Kier alpha value is -0.730. The van der Waals surface area contributed by atoms with Gasteiger partial charge in [0.15, 0.2) is 0 Å². The van der Waals surface area contributed by atoms with Gasteiger partial charge in [0.05, 0.1) is 0 Å². The van der Waals surface area contributed by atoms with Crippen LogP contribution in [0.25, 0.3) is 0 Å². The molecule has 0 heterocycles. The summed E-state index contributed by atoms with van der Waals surface area (Å²) in [4.78, 5) is 11.4. The average molecular weight is 199 g/mol. The van der Waals surface area contributed by atoms with E-state index in [4.69, 9.17) is 4.74 Å². The van der Waals surface area contributed by atoms with E-state index in [1.165, 1.54) is 6.42 Å². The zero-order valence-corrected chi connectivity index (χ0v) is 9.59. The van der Waals surface area contributed by atoms with Crippen molar-refractivity contribution in [2.75, 3.05) is 0 Å². The summed E-state index contributed by atoms with van der Waals surface area (Å²) < 4.78 is 5.18. The minimum Gasteiger partial charge on any atom is -0.444 e. The van der Waals surface area contributed by atoms with Gasteiger partial charge < -0.3 is 10.1 Å². The molecule has 1 saturated carbocycles. The molecule has 0 aromatic heterocycles. The third-order valence-corrected chi connectivity index (χ3v) is 2.42. The predicted molar refractivity (Wildman–Crippen MR) is 56.2 cm³/mol. The summed E-state index contributed by atoms with van der Waals surface area (Å²) in [5.74, 6) is 0.731. The minimum absolute atomic E-state index is 0.281. The van der Waals surface area contributed by atoms with Crippen LogP contribution in [-0.2, 0) is 4.74 Å². The first-order valence-corrected chi connectivity index (χ1v) is 5.36. The van der Waals surface area contributed by atoms with E-state index in [0.29, 0.717) is 6.04 Å². The van der Waals surface area contributed by atoms with Crippen molar-refractivity contribution in [1.82, 2.24) is 5.32 Å². The van der Waals surface area contributed by atoms with Gasteiger partial charge in [-0.2, -0.15) is 0 Å². The van der Waals surface area contributed by atoms with Crippen molar-refractivity contribution in [1.29, 1.82) is 0 Å². The van der Waals surface area contributed by atoms with Crippen LogP contribution >= 0.6 is 0 Å². The SMILES string of the molecule is C[C@@H]1CC[C@@H](NC(=O)OC(C)(C)C)C1.